The molecular formula is C16H14N2O3S2. The van der Waals surface area contributed by atoms with Crippen molar-refractivity contribution in [2.45, 2.75) is 10.3 Å². The smallest absolute Gasteiger partial charge is 0.246 e. The predicted molar refractivity (Wildman–Crippen MR) is 89.5 cm³/mol. The molecule has 0 N–H and O–H groups in total. The highest BCUT2D eigenvalue weighted by atomic mass is 32.2. The molecule has 0 aliphatic carbocycles. The van der Waals surface area contributed by atoms with Crippen LogP contribution >= 0.6 is 11.8 Å². The van der Waals surface area contributed by atoms with Gasteiger partial charge in [0.15, 0.2) is 0 Å². The maximum atomic E-state index is 13.2. The summed E-state index contributed by atoms with van der Waals surface area (Å²) in [5.41, 5.74) is 0.505. The number of furan rings is 1. The summed E-state index contributed by atoms with van der Waals surface area (Å²) in [7, 11) is -3.65. The molecule has 3 heterocycles. The number of rotatable bonds is 3. The molecule has 23 heavy (non-hydrogen) atoms. The van der Waals surface area contributed by atoms with Gasteiger partial charge in [-0.1, -0.05) is 18.2 Å². The maximum absolute atomic E-state index is 13.2. The number of nitrogens with zero attached hydrogens (tertiary/aromatic N) is 2. The summed E-state index contributed by atoms with van der Waals surface area (Å²) in [6, 6.07) is 12.5. The standard InChI is InChI=1S/C16H14N2O3S2/c19-23(20,14-7-1-4-12-5-2-8-17-15(12)14)18-9-11-22-16(18)13-6-3-10-21-13/h1-8,10,16H,9,11H2. The summed E-state index contributed by atoms with van der Waals surface area (Å²) < 4.78 is 33.3. The molecule has 5 nitrogen and oxygen atoms in total. The Labute approximate surface area is 138 Å². The zero-order valence-electron chi connectivity index (χ0n) is 12.1. The van der Waals surface area contributed by atoms with Gasteiger partial charge in [0, 0.05) is 23.9 Å². The Kier molecular flexibility index (Phi) is 3.63. The van der Waals surface area contributed by atoms with E-state index < -0.39 is 10.0 Å². The Bertz CT molecular complexity index is 934. The molecule has 0 saturated carbocycles. The molecule has 1 aromatic carbocycles. The Balaban J connectivity index is 1.83. The summed E-state index contributed by atoms with van der Waals surface area (Å²) in [5, 5.41) is 0.490. The number of pyridine rings is 1. The molecule has 0 amide bonds. The van der Waals surface area contributed by atoms with Crippen molar-refractivity contribution < 1.29 is 12.8 Å². The molecule has 1 aliphatic heterocycles. The molecule has 2 aromatic heterocycles. The number of para-hydroxylation sites is 1. The minimum absolute atomic E-state index is 0.245. The van der Waals surface area contributed by atoms with E-state index in [0.29, 0.717) is 17.8 Å². The minimum Gasteiger partial charge on any atom is -0.467 e. The molecule has 4 rings (SSSR count). The third kappa shape index (κ3) is 2.45. The van der Waals surface area contributed by atoms with Crippen LogP contribution < -0.4 is 0 Å². The van der Waals surface area contributed by atoms with Crippen LogP contribution in [0.1, 0.15) is 11.1 Å². The van der Waals surface area contributed by atoms with Gasteiger partial charge in [-0.25, -0.2) is 8.42 Å². The van der Waals surface area contributed by atoms with Crippen LogP contribution in [0.5, 0.6) is 0 Å². The van der Waals surface area contributed by atoms with Crippen LogP contribution in [0.25, 0.3) is 10.9 Å². The van der Waals surface area contributed by atoms with Gasteiger partial charge in [0.05, 0.1) is 11.8 Å². The fraction of sp³-hybridized carbons (Fsp3) is 0.188. The first kappa shape index (κ1) is 14.7. The molecule has 1 aliphatic rings. The normalized spacial score (nSPS) is 19.4. The lowest BCUT2D eigenvalue weighted by atomic mass is 10.2. The molecule has 3 aromatic rings. The van der Waals surface area contributed by atoms with E-state index in [0.717, 1.165) is 11.1 Å². The largest absolute Gasteiger partial charge is 0.467 e. The van der Waals surface area contributed by atoms with Gasteiger partial charge in [-0.3, -0.25) is 4.98 Å². The van der Waals surface area contributed by atoms with Crippen LogP contribution in [0.2, 0.25) is 0 Å². The Morgan fingerprint density at radius 3 is 2.87 bits per heavy atom. The van der Waals surface area contributed by atoms with Crippen LogP contribution in [-0.2, 0) is 10.0 Å². The Morgan fingerprint density at radius 2 is 2.04 bits per heavy atom. The van der Waals surface area contributed by atoms with Crippen molar-refractivity contribution >= 4 is 32.7 Å². The van der Waals surface area contributed by atoms with Gasteiger partial charge in [0.2, 0.25) is 10.0 Å². The molecule has 0 spiro atoms. The number of fused-ring (bicyclic) bond motifs is 1. The fourth-order valence-corrected chi connectivity index (χ4v) is 6.11. The van der Waals surface area contributed by atoms with Gasteiger partial charge in [-0.15, -0.1) is 11.8 Å². The van der Waals surface area contributed by atoms with E-state index in [1.807, 2.05) is 18.2 Å². The number of aromatic nitrogens is 1. The number of hydrogen-bond donors (Lipinski definition) is 0. The molecule has 0 radical (unpaired) electrons. The third-order valence-corrected chi connectivity index (χ3v) is 7.07. The van der Waals surface area contributed by atoms with Crippen molar-refractivity contribution in [1.29, 1.82) is 0 Å². The summed E-state index contributed by atoms with van der Waals surface area (Å²) in [6.07, 6.45) is 3.18. The minimum atomic E-state index is -3.65. The third-order valence-electron chi connectivity index (χ3n) is 3.82. The fourth-order valence-electron chi connectivity index (χ4n) is 2.77. The zero-order valence-corrected chi connectivity index (χ0v) is 13.8. The lowest BCUT2D eigenvalue weighted by molar-refractivity contribution is 0.383. The molecule has 0 bridgehead atoms. The van der Waals surface area contributed by atoms with Crippen LogP contribution in [0.4, 0.5) is 0 Å². The van der Waals surface area contributed by atoms with Gasteiger partial charge < -0.3 is 4.42 Å². The SMILES string of the molecule is O=S(=O)(c1cccc2cccnc12)N1CCSC1c1ccco1. The molecule has 1 saturated heterocycles. The lowest BCUT2D eigenvalue weighted by Crippen LogP contribution is -2.30. The summed E-state index contributed by atoms with van der Waals surface area (Å²) in [4.78, 5) is 4.52. The maximum Gasteiger partial charge on any atom is 0.246 e. The second-order valence-electron chi connectivity index (χ2n) is 5.19. The van der Waals surface area contributed by atoms with Crippen LogP contribution in [0.15, 0.2) is 64.2 Å². The van der Waals surface area contributed by atoms with E-state index >= 15 is 0 Å². The van der Waals surface area contributed by atoms with Crippen molar-refractivity contribution in [3.8, 4) is 0 Å². The first-order valence-electron chi connectivity index (χ1n) is 7.18. The van der Waals surface area contributed by atoms with Gasteiger partial charge in [0.25, 0.3) is 0 Å². The average Bonchev–Trinajstić information content (AvgIpc) is 3.25. The predicted octanol–water partition coefficient (Wildman–Crippen LogP) is 3.26. The monoisotopic (exact) mass is 346 g/mol. The molecule has 1 unspecified atom stereocenters. The summed E-state index contributed by atoms with van der Waals surface area (Å²) in [6.45, 7) is 0.460. The molecular weight excluding hydrogens is 332 g/mol. The Morgan fingerprint density at radius 1 is 1.17 bits per heavy atom. The van der Waals surface area contributed by atoms with Gasteiger partial charge in [0.1, 0.15) is 16.0 Å². The highest BCUT2D eigenvalue weighted by Gasteiger charge is 2.39. The molecule has 1 fully saturated rings. The van der Waals surface area contributed by atoms with E-state index in [2.05, 4.69) is 4.98 Å². The number of hydrogen-bond acceptors (Lipinski definition) is 5. The van der Waals surface area contributed by atoms with Crippen molar-refractivity contribution in [3.63, 3.8) is 0 Å². The lowest BCUT2D eigenvalue weighted by Gasteiger charge is -2.22. The number of sulfonamides is 1. The first-order chi connectivity index (χ1) is 11.2. The van der Waals surface area contributed by atoms with Crippen LogP contribution in [0.3, 0.4) is 0 Å². The van der Waals surface area contributed by atoms with Crippen LogP contribution in [-0.4, -0.2) is 30.0 Å². The van der Waals surface area contributed by atoms with Gasteiger partial charge >= 0.3 is 0 Å². The van der Waals surface area contributed by atoms with E-state index in [-0.39, 0.29) is 10.3 Å². The summed E-state index contributed by atoms with van der Waals surface area (Å²) >= 11 is 1.57. The van der Waals surface area contributed by atoms with E-state index in [9.17, 15) is 8.42 Å². The van der Waals surface area contributed by atoms with Gasteiger partial charge in [-0.2, -0.15) is 4.31 Å². The van der Waals surface area contributed by atoms with Crippen molar-refractivity contribution in [2.24, 2.45) is 0 Å². The van der Waals surface area contributed by atoms with E-state index in [1.165, 1.54) is 4.31 Å². The van der Waals surface area contributed by atoms with E-state index in [1.54, 1.807) is 48.5 Å². The van der Waals surface area contributed by atoms with Gasteiger partial charge in [-0.05, 0) is 24.3 Å². The average molecular weight is 346 g/mol. The Hall–Kier alpha value is -1.83. The topological polar surface area (TPSA) is 63.4 Å². The van der Waals surface area contributed by atoms with Crippen molar-refractivity contribution in [3.05, 3.63) is 60.7 Å². The van der Waals surface area contributed by atoms with E-state index in [4.69, 9.17) is 4.42 Å². The molecule has 1 atom stereocenters. The zero-order chi connectivity index (χ0) is 15.9. The number of benzene rings is 1. The molecule has 118 valence electrons. The van der Waals surface area contributed by atoms with Crippen LogP contribution in [0, 0.1) is 0 Å². The second kappa shape index (κ2) is 5.67. The quantitative estimate of drug-likeness (QED) is 0.728. The second-order valence-corrected chi connectivity index (χ2v) is 8.23. The highest BCUT2D eigenvalue weighted by Crippen LogP contribution is 2.42. The van der Waals surface area contributed by atoms with Crippen molar-refractivity contribution in [1.82, 2.24) is 9.29 Å². The van der Waals surface area contributed by atoms with Crippen molar-refractivity contribution in [2.75, 3.05) is 12.3 Å². The molecule has 7 heteroatoms. The summed E-state index contributed by atoms with van der Waals surface area (Å²) in [5.74, 6) is 1.40. The highest BCUT2D eigenvalue weighted by molar-refractivity contribution is 8.01. The number of thioether (sulfide) groups is 1. The first-order valence-corrected chi connectivity index (χ1v) is 9.67.